The van der Waals surface area contributed by atoms with Crippen molar-refractivity contribution in [1.82, 2.24) is 15.1 Å². The summed E-state index contributed by atoms with van der Waals surface area (Å²) in [5.74, 6) is 0.0515. The fourth-order valence-electron chi connectivity index (χ4n) is 2.21. The van der Waals surface area contributed by atoms with Gasteiger partial charge in [-0.15, -0.1) is 0 Å². The smallest absolute Gasteiger partial charge is 0.271 e. The first-order valence-corrected chi connectivity index (χ1v) is 5.73. The summed E-state index contributed by atoms with van der Waals surface area (Å²) < 4.78 is 1.80. The van der Waals surface area contributed by atoms with E-state index in [-0.39, 0.29) is 5.91 Å². The molecule has 2 aliphatic rings. The average Bonchev–Trinajstić information content (AvgIpc) is 2.82. The van der Waals surface area contributed by atoms with Crippen molar-refractivity contribution >= 4 is 5.91 Å². The van der Waals surface area contributed by atoms with Crippen LogP contribution in [-0.4, -0.2) is 15.7 Å². The number of aryl methyl sites for hydroxylation is 1. The van der Waals surface area contributed by atoms with Crippen LogP contribution >= 0.6 is 0 Å². The molecule has 1 aromatic heterocycles. The van der Waals surface area contributed by atoms with Crippen LogP contribution in [0.5, 0.6) is 0 Å². The van der Waals surface area contributed by atoms with Crippen LogP contribution < -0.4 is 5.32 Å². The second kappa shape index (κ2) is 4.04. The molecule has 3 rings (SSSR count). The van der Waals surface area contributed by atoms with E-state index in [9.17, 15) is 4.79 Å². The highest BCUT2D eigenvalue weighted by molar-refractivity contribution is 5.95. The first kappa shape index (κ1) is 10.2. The molecule has 0 saturated heterocycles. The highest BCUT2D eigenvalue weighted by Crippen LogP contribution is 2.25. The molecule has 1 amide bonds. The van der Waals surface area contributed by atoms with Gasteiger partial charge < -0.3 is 5.32 Å². The Labute approximate surface area is 89.7 Å². The third kappa shape index (κ3) is 1.54. The second-order valence-electron chi connectivity index (χ2n) is 3.64. The second-order valence-corrected chi connectivity index (χ2v) is 3.64. The summed E-state index contributed by atoms with van der Waals surface area (Å²) >= 11 is 0. The summed E-state index contributed by atoms with van der Waals surface area (Å²) in [5.41, 5.74) is 3.16. The lowest BCUT2D eigenvalue weighted by Gasteiger charge is -2.09. The van der Waals surface area contributed by atoms with Gasteiger partial charge in [-0.25, -0.2) is 4.68 Å². The number of carbonyl (C=O) groups excluding carboxylic acids is 1. The van der Waals surface area contributed by atoms with Gasteiger partial charge in [-0.1, -0.05) is 13.8 Å². The summed E-state index contributed by atoms with van der Waals surface area (Å²) in [6.07, 6.45) is 4.48. The molecule has 4 heteroatoms. The van der Waals surface area contributed by atoms with Gasteiger partial charge in [0.15, 0.2) is 0 Å². The molecule has 0 atom stereocenters. The highest BCUT2D eigenvalue weighted by atomic mass is 16.2. The minimum absolute atomic E-state index is 0.0515. The van der Waals surface area contributed by atoms with E-state index in [2.05, 4.69) is 10.4 Å². The molecule has 1 aromatic rings. The van der Waals surface area contributed by atoms with Gasteiger partial charge in [0.25, 0.3) is 5.91 Å². The molecule has 0 bridgehead atoms. The number of hydrogen-bond acceptors (Lipinski definition) is 2. The minimum Gasteiger partial charge on any atom is -0.331 e. The van der Waals surface area contributed by atoms with E-state index in [0.29, 0.717) is 6.67 Å². The topological polar surface area (TPSA) is 46.9 Å². The van der Waals surface area contributed by atoms with Crippen molar-refractivity contribution < 1.29 is 4.79 Å². The molecule has 0 saturated carbocycles. The van der Waals surface area contributed by atoms with Crippen LogP contribution in [0.1, 0.15) is 48.4 Å². The fraction of sp³-hybridized carbons (Fsp3) is 0.636. The van der Waals surface area contributed by atoms with Gasteiger partial charge in [0.05, 0.1) is 5.69 Å². The molecule has 82 valence electrons. The number of rotatable bonds is 0. The summed E-state index contributed by atoms with van der Waals surface area (Å²) in [6, 6.07) is 0. The zero-order valence-electron chi connectivity index (χ0n) is 9.34. The molecule has 15 heavy (non-hydrogen) atoms. The minimum atomic E-state index is 0.0515. The highest BCUT2D eigenvalue weighted by Gasteiger charge is 2.28. The molecule has 4 nitrogen and oxygen atoms in total. The molecule has 1 aliphatic carbocycles. The lowest BCUT2D eigenvalue weighted by atomic mass is 9.96. The largest absolute Gasteiger partial charge is 0.331 e. The third-order valence-electron chi connectivity index (χ3n) is 2.83. The van der Waals surface area contributed by atoms with E-state index in [1.165, 1.54) is 18.4 Å². The van der Waals surface area contributed by atoms with E-state index in [0.717, 1.165) is 24.2 Å². The molecule has 2 heterocycles. The Morgan fingerprint density at radius 3 is 2.80 bits per heavy atom. The maximum atomic E-state index is 11.4. The van der Waals surface area contributed by atoms with Crippen LogP contribution in [0.3, 0.4) is 0 Å². The third-order valence-corrected chi connectivity index (χ3v) is 2.83. The maximum absolute atomic E-state index is 11.4. The van der Waals surface area contributed by atoms with E-state index >= 15 is 0 Å². The van der Waals surface area contributed by atoms with Crippen molar-refractivity contribution in [3.8, 4) is 0 Å². The fourth-order valence-corrected chi connectivity index (χ4v) is 2.21. The molecule has 1 aliphatic heterocycles. The van der Waals surface area contributed by atoms with Crippen LogP contribution in [0.15, 0.2) is 0 Å². The van der Waals surface area contributed by atoms with Crippen molar-refractivity contribution in [2.24, 2.45) is 0 Å². The Kier molecular flexibility index (Phi) is 2.75. The van der Waals surface area contributed by atoms with Gasteiger partial charge in [-0.05, 0) is 25.7 Å². The number of nitrogens with zero attached hydrogens (tertiary/aromatic N) is 2. The van der Waals surface area contributed by atoms with Crippen LogP contribution in [-0.2, 0) is 19.5 Å². The van der Waals surface area contributed by atoms with Gasteiger partial charge in [0.2, 0.25) is 0 Å². The molecular formula is C11H17N3O. The zero-order valence-corrected chi connectivity index (χ0v) is 9.34. The number of carbonyl (C=O) groups is 1. The van der Waals surface area contributed by atoms with Gasteiger partial charge in [-0.2, -0.15) is 5.10 Å². The molecule has 0 unspecified atom stereocenters. The van der Waals surface area contributed by atoms with Gasteiger partial charge >= 0.3 is 0 Å². The molecular weight excluding hydrogens is 190 g/mol. The van der Waals surface area contributed by atoms with Gasteiger partial charge in [0.1, 0.15) is 12.4 Å². The van der Waals surface area contributed by atoms with Crippen molar-refractivity contribution in [2.75, 3.05) is 0 Å². The number of fused-ring (bicyclic) bond motifs is 3. The number of aromatic nitrogens is 2. The predicted octanol–water partition coefficient (Wildman–Crippen LogP) is 1.49. The number of amides is 1. The Bertz CT molecular complexity index is 381. The average molecular weight is 207 g/mol. The van der Waals surface area contributed by atoms with Gasteiger partial charge in [-0.3, -0.25) is 4.79 Å². The summed E-state index contributed by atoms with van der Waals surface area (Å²) in [6.45, 7) is 4.56. The molecule has 0 radical (unpaired) electrons. The van der Waals surface area contributed by atoms with Crippen LogP contribution in [0.25, 0.3) is 0 Å². The quantitative estimate of drug-likeness (QED) is 0.700. The van der Waals surface area contributed by atoms with E-state index in [1.807, 2.05) is 13.8 Å². The normalized spacial score (nSPS) is 17.3. The number of hydrogen-bond donors (Lipinski definition) is 1. The Morgan fingerprint density at radius 2 is 2.00 bits per heavy atom. The molecule has 0 fully saturated rings. The number of nitrogens with one attached hydrogen (secondary N) is 1. The monoisotopic (exact) mass is 207 g/mol. The van der Waals surface area contributed by atoms with Crippen LogP contribution in [0.4, 0.5) is 0 Å². The summed E-state index contributed by atoms with van der Waals surface area (Å²) in [4.78, 5) is 11.4. The molecule has 0 spiro atoms. The van der Waals surface area contributed by atoms with E-state index in [1.54, 1.807) is 4.68 Å². The van der Waals surface area contributed by atoms with E-state index < -0.39 is 0 Å². The lowest BCUT2D eigenvalue weighted by molar-refractivity contribution is 0.0964. The Morgan fingerprint density at radius 1 is 1.27 bits per heavy atom. The van der Waals surface area contributed by atoms with Crippen LogP contribution in [0, 0.1) is 0 Å². The molecule has 1 N–H and O–H groups in total. The Hall–Kier alpha value is -1.32. The van der Waals surface area contributed by atoms with Gasteiger partial charge in [0, 0.05) is 5.56 Å². The zero-order chi connectivity index (χ0) is 10.8. The lowest BCUT2D eigenvalue weighted by Crippen LogP contribution is -2.16. The van der Waals surface area contributed by atoms with Crippen molar-refractivity contribution in [3.05, 3.63) is 17.0 Å². The predicted molar refractivity (Wildman–Crippen MR) is 57.7 cm³/mol. The van der Waals surface area contributed by atoms with Crippen molar-refractivity contribution in [3.63, 3.8) is 0 Å². The standard InChI is InChI=1S/C9H11N3O.C2H6/c13-9-8-6-3-1-2-4-7(6)11-12(8)5-10-9;1-2/h1-5H2,(H,10,13);1-2H3. The van der Waals surface area contributed by atoms with Crippen molar-refractivity contribution in [2.45, 2.75) is 46.2 Å². The van der Waals surface area contributed by atoms with E-state index in [4.69, 9.17) is 0 Å². The summed E-state index contributed by atoms with van der Waals surface area (Å²) in [7, 11) is 0. The maximum Gasteiger partial charge on any atom is 0.271 e. The SMILES string of the molecule is CC.O=C1NCn2nc3c(c21)CCCC3. The Balaban J connectivity index is 0.000000404. The van der Waals surface area contributed by atoms with Crippen molar-refractivity contribution in [1.29, 1.82) is 0 Å². The first-order valence-electron chi connectivity index (χ1n) is 5.73. The molecule has 0 aromatic carbocycles. The first-order chi connectivity index (χ1) is 7.36. The summed E-state index contributed by atoms with van der Waals surface area (Å²) in [5, 5.41) is 7.19. The van der Waals surface area contributed by atoms with Crippen LogP contribution in [0.2, 0.25) is 0 Å².